The van der Waals surface area contributed by atoms with E-state index in [1.165, 1.54) is 11.1 Å². The maximum Gasteiger partial charge on any atom is 0.0322 e. The van der Waals surface area contributed by atoms with Crippen LogP contribution in [-0.2, 0) is 0 Å². The molecule has 0 aromatic heterocycles. The minimum Gasteiger partial charge on any atom is -0.296 e. The first-order valence-electron chi connectivity index (χ1n) is 5.43. The van der Waals surface area contributed by atoms with Gasteiger partial charge in [0, 0.05) is 12.1 Å². The lowest BCUT2D eigenvalue weighted by molar-refractivity contribution is 0.158. The Labute approximate surface area is 86.7 Å². The molecule has 3 unspecified atom stereocenters. The Morgan fingerprint density at radius 3 is 2.21 bits per heavy atom. The van der Waals surface area contributed by atoms with Gasteiger partial charge in [-0.05, 0) is 37.9 Å². The molecule has 0 fully saturated rings. The summed E-state index contributed by atoms with van der Waals surface area (Å²) in [6.45, 7) is 6.93. The number of fused-ring (bicyclic) bond motifs is 1. The van der Waals surface area contributed by atoms with Gasteiger partial charge in [0.05, 0.1) is 0 Å². The fourth-order valence-corrected chi connectivity index (χ4v) is 2.49. The predicted molar refractivity (Wildman–Crippen MR) is 60.5 cm³/mol. The van der Waals surface area contributed by atoms with Crippen molar-refractivity contribution in [1.29, 1.82) is 0 Å². The molecule has 0 saturated heterocycles. The fourth-order valence-electron chi connectivity index (χ4n) is 2.49. The monoisotopic (exact) mass is 189 g/mol. The Morgan fingerprint density at radius 2 is 1.57 bits per heavy atom. The molecule has 1 aromatic rings. The average molecular weight is 189 g/mol. The fraction of sp³-hybridized carbons (Fsp3) is 0.538. The first-order chi connectivity index (χ1) is 6.63. The highest BCUT2D eigenvalue weighted by molar-refractivity contribution is 5.35. The quantitative estimate of drug-likeness (QED) is 0.606. The molecule has 3 atom stereocenters. The molecule has 1 heteroatoms. The van der Waals surface area contributed by atoms with Gasteiger partial charge in [-0.2, -0.15) is 0 Å². The van der Waals surface area contributed by atoms with Gasteiger partial charge in [-0.25, -0.2) is 0 Å². The Morgan fingerprint density at radius 1 is 1.00 bits per heavy atom. The van der Waals surface area contributed by atoms with Crippen LogP contribution in [0.2, 0.25) is 0 Å². The highest BCUT2D eigenvalue weighted by Gasteiger charge is 2.30. The van der Waals surface area contributed by atoms with Crippen LogP contribution in [0.5, 0.6) is 0 Å². The van der Waals surface area contributed by atoms with Crippen molar-refractivity contribution in [3.8, 4) is 0 Å². The minimum atomic E-state index is 0.553. The van der Waals surface area contributed by atoms with E-state index < -0.39 is 0 Å². The van der Waals surface area contributed by atoms with Crippen LogP contribution in [0.3, 0.4) is 0 Å². The maximum atomic E-state index is 2.47. The summed E-state index contributed by atoms with van der Waals surface area (Å²) in [5.41, 5.74) is 3.03. The van der Waals surface area contributed by atoms with Crippen LogP contribution in [0.25, 0.3) is 0 Å². The second-order valence-corrected chi connectivity index (χ2v) is 4.50. The smallest absolute Gasteiger partial charge is 0.0322 e. The van der Waals surface area contributed by atoms with Crippen LogP contribution in [0.4, 0.5) is 0 Å². The van der Waals surface area contributed by atoms with E-state index in [4.69, 9.17) is 0 Å². The molecule has 0 bridgehead atoms. The second-order valence-electron chi connectivity index (χ2n) is 4.50. The zero-order chi connectivity index (χ0) is 10.3. The Kier molecular flexibility index (Phi) is 2.36. The van der Waals surface area contributed by atoms with Gasteiger partial charge >= 0.3 is 0 Å². The molecule has 0 radical (unpaired) electrons. The van der Waals surface area contributed by atoms with Gasteiger partial charge in [0.25, 0.3) is 0 Å². The Hall–Kier alpha value is -0.820. The molecule has 1 aliphatic heterocycles. The van der Waals surface area contributed by atoms with E-state index in [2.05, 4.69) is 57.0 Å². The molecule has 0 N–H and O–H groups in total. The standard InChI is InChI=1S/C13H19N/c1-9-10(2)14(4)11(3)13-8-6-5-7-12(9)13/h5-11H,1-4H3. The van der Waals surface area contributed by atoms with Gasteiger partial charge in [-0.3, -0.25) is 4.90 Å². The zero-order valence-electron chi connectivity index (χ0n) is 9.49. The molecule has 0 amide bonds. The highest BCUT2D eigenvalue weighted by Crippen LogP contribution is 2.38. The van der Waals surface area contributed by atoms with Crippen molar-refractivity contribution in [2.24, 2.45) is 0 Å². The number of rotatable bonds is 0. The first kappa shape index (κ1) is 9.72. The lowest BCUT2D eigenvalue weighted by Gasteiger charge is -2.41. The van der Waals surface area contributed by atoms with Crippen molar-refractivity contribution in [2.45, 2.75) is 38.8 Å². The van der Waals surface area contributed by atoms with Crippen molar-refractivity contribution >= 4 is 0 Å². The van der Waals surface area contributed by atoms with E-state index in [-0.39, 0.29) is 0 Å². The third-order valence-corrected chi connectivity index (χ3v) is 3.91. The van der Waals surface area contributed by atoms with Crippen molar-refractivity contribution in [2.75, 3.05) is 7.05 Å². The highest BCUT2D eigenvalue weighted by atomic mass is 15.2. The molecule has 14 heavy (non-hydrogen) atoms. The molecule has 0 aliphatic carbocycles. The summed E-state index contributed by atoms with van der Waals surface area (Å²) in [5.74, 6) is 0.646. The summed E-state index contributed by atoms with van der Waals surface area (Å²) >= 11 is 0. The van der Waals surface area contributed by atoms with Crippen molar-refractivity contribution < 1.29 is 0 Å². The van der Waals surface area contributed by atoms with E-state index in [9.17, 15) is 0 Å². The number of likely N-dealkylation sites (N-methyl/N-ethyl adjacent to an activating group) is 1. The molecule has 76 valence electrons. The summed E-state index contributed by atoms with van der Waals surface area (Å²) in [5, 5.41) is 0. The molecule has 1 aliphatic rings. The topological polar surface area (TPSA) is 3.24 Å². The van der Waals surface area contributed by atoms with Gasteiger partial charge in [0.1, 0.15) is 0 Å². The lowest BCUT2D eigenvalue weighted by atomic mass is 9.82. The molecule has 1 nitrogen and oxygen atoms in total. The van der Waals surface area contributed by atoms with Crippen LogP contribution < -0.4 is 0 Å². The maximum absolute atomic E-state index is 2.47. The van der Waals surface area contributed by atoms with E-state index >= 15 is 0 Å². The minimum absolute atomic E-state index is 0.553. The summed E-state index contributed by atoms with van der Waals surface area (Å²) in [7, 11) is 2.22. The van der Waals surface area contributed by atoms with Crippen molar-refractivity contribution in [1.82, 2.24) is 4.90 Å². The molecule has 1 heterocycles. The Balaban J connectivity index is 2.51. The van der Waals surface area contributed by atoms with Crippen LogP contribution in [0.1, 0.15) is 43.9 Å². The SMILES string of the molecule is CC1c2ccccc2C(C)N(C)C1C. The van der Waals surface area contributed by atoms with Crippen LogP contribution in [0.15, 0.2) is 24.3 Å². The predicted octanol–water partition coefficient (Wildman–Crippen LogP) is 3.19. The van der Waals surface area contributed by atoms with Gasteiger partial charge in [0.2, 0.25) is 0 Å². The van der Waals surface area contributed by atoms with Gasteiger partial charge in [0.15, 0.2) is 0 Å². The summed E-state index contributed by atoms with van der Waals surface area (Å²) in [6.07, 6.45) is 0. The van der Waals surface area contributed by atoms with E-state index in [1.807, 2.05) is 0 Å². The number of hydrogen-bond acceptors (Lipinski definition) is 1. The third-order valence-electron chi connectivity index (χ3n) is 3.91. The molecule has 0 spiro atoms. The second kappa shape index (κ2) is 3.39. The van der Waals surface area contributed by atoms with E-state index in [0.29, 0.717) is 18.0 Å². The largest absolute Gasteiger partial charge is 0.296 e. The summed E-state index contributed by atoms with van der Waals surface area (Å²) < 4.78 is 0. The number of hydrogen-bond donors (Lipinski definition) is 0. The van der Waals surface area contributed by atoms with E-state index in [0.717, 1.165) is 0 Å². The number of benzene rings is 1. The molecule has 2 rings (SSSR count). The van der Waals surface area contributed by atoms with Gasteiger partial charge < -0.3 is 0 Å². The van der Waals surface area contributed by atoms with Crippen LogP contribution in [0, 0.1) is 0 Å². The normalized spacial score (nSPS) is 32.7. The molecular weight excluding hydrogens is 170 g/mol. The van der Waals surface area contributed by atoms with Crippen LogP contribution >= 0.6 is 0 Å². The van der Waals surface area contributed by atoms with Crippen molar-refractivity contribution in [3.63, 3.8) is 0 Å². The van der Waals surface area contributed by atoms with Crippen molar-refractivity contribution in [3.05, 3.63) is 35.4 Å². The molecule has 0 saturated carbocycles. The average Bonchev–Trinajstić information content (AvgIpc) is 2.23. The summed E-state index contributed by atoms with van der Waals surface area (Å²) in [6, 6.07) is 10.0. The zero-order valence-corrected chi connectivity index (χ0v) is 9.49. The summed E-state index contributed by atoms with van der Waals surface area (Å²) in [4.78, 5) is 2.47. The lowest BCUT2D eigenvalue weighted by Crippen LogP contribution is -2.40. The van der Waals surface area contributed by atoms with E-state index in [1.54, 1.807) is 0 Å². The Bertz CT molecular complexity index is 299. The molecule has 1 aromatic carbocycles. The third kappa shape index (κ3) is 1.27. The number of nitrogens with zero attached hydrogens (tertiary/aromatic N) is 1. The van der Waals surface area contributed by atoms with Gasteiger partial charge in [-0.15, -0.1) is 0 Å². The first-order valence-corrected chi connectivity index (χ1v) is 5.43. The molecular formula is C13H19N. The van der Waals surface area contributed by atoms with Gasteiger partial charge in [-0.1, -0.05) is 31.2 Å². The van der Waals surface area contributed by atoms with Crippen LogP contribution in [-0.4, -0.2) is 18.0 Å².